The van der Waals surface area contributed by atoms with Gasteiger partial charge in [0.15, 0.2) is 0 Å². The molecule has 1 heterocycles. The number of carbonyl (C=O) groups is 1. The van der Waals surface area contributed by atoms with Crippen molar-refractivity contribution < 1.29 is 14.1 Å². The molecule has 0 spiro atoms. The molecule has 0 fully saturated rings. The molecule has 1 N–H and O–H groups in total. The Morgan fingerprint density at radius 3 is 2.59 bits per heavy atom. The number of anilines is 1. The van der Waals surface area contributed by atoms with Crippen molar-refractivity contribution in [2.24, 2.45) is 0 Å². The molecule has 0 aliphatic heterocycles. The van der Waals surface area contributed by atoms with Crippen molar-refractivity contribution in [2.75, 3.05) is 5.32 Å². The van der Waals surface area contributed by atoms with Crippen molar-refractivity contribution in [2.45, 2.75) is 6.92 Å². The second kappa shape index (κ2) is 8.70. The van der Waals surface area contributed by atoms with Crippen LogP contribution in [0.15, 0.2) is 64.6 Å². The number of rotatable bonds is 5. The van der Waals surface area contributed by atoms with Gasteiger partial charge in [-0.15, -0.1) is 0 Å². The van der Waals surface area contributed by atoms with Gasteiger partial charge in [-0.25, -0.2) is 0 Å². The number of nitrogens with zero attached hydrogens (tertiary/aromatic N) is 2. The summed E-state index contributed by atoms with van der Waals surface area (Å²) < 4.78 is 6.65. The zero-order valence-electron chi connectivity index (χ0n) is 15.2. The van der Waals surface area contributed by atoms with Gasteiger partial charge in [-0.2, -0.15) is 5.26 Å². The van der Waals surface area contributed by atoms with E-state index in [9.17, 15) is 20.2 Å². The molecule has 7 nitrogen and oxygen atoms in total. The van der Waals surface area contributed by atoms with E-state index in [2.05, 4.69) is 27.9 Å². The van der Waals surface area contributed by atoms with Crippen molar-refractivity contribution >= 4 is 45.9 Å². The first-order valence-electron chi connectivity index (χ1n) is 8.41. The number of benzene rings is 2. The first kappa shape index (κ1) is 20.3. The highest BCUT2D eigenvalue weighted by Gasteiger charge is 2.18. The minimum atomic E-state index is -0.576. The number of hydrogen-bond donors (Lipinski definition) is 1. The monoisotopic (exact) mass is 499 g/mol. The number of halogens is 1. The molecule has 0 saturated carbocycles. The molecule has 0 aliphatic carbocycles. The maximum absolute atomic E-state index is 12.4. The third kappa shape index (κ3) is 4.89. The molecule has 1 aromatic heterocycles. The molecule has 144 valence electrons. The highest BCUT2D eigenvalue weighted by Crippen LogP contribution is 2.32. The van der Waals surface area contributed by atoms with Gasteiger partial charge in [0.2, 0.25) is 0 Å². The maximum Gasteiger partial charge on any atom is 0.280 e. The van der Waals surface area contributed by atoms with Crippen LogP contribution < -0.4 is 5.32 Å². The third-order valence-electron chi connectivity index (χ3n) is 4.00. The minimum Gasteiger partial charge on any atom is -0.456 e. The smallest absolute Gasteiger partial charge is 0.280 e. The van der Waals surface area contributed by atoms with Crippen LogP contribution in [0.3, 0.4) is 0 Å². The van der Waals surface area contributed by atoms with E-state index in [1.165, 1.54) is 12.1 Å². The van der Waals surface area contributed by atoms with Gasteiger partial charge in [0.1, 0.15) is 23.2 Å². The Kier molecular flexibility index (Phi) is 6.09. The number of carbonyl (C=O) groups excluding carboxylic acids is 1. The number of nitriles is 1. The van der Waals surface area contributed by atoms with E-state index in [1.54, 1.807) is 43.3 Å². The SMILES string of the molecule is Cc1ccc(-c2ccc(/C=C(\C#N)C(=O)Nc3ccc(I)cc3)o2)c([N+](=O)[O-])c1. The number of furan rings is 1. The molecule has 0 bridgehead atoms. The zero-order chi connectivity index (χ0) is 21.0. The van der Waals surface area contributed by atoms with E-state index >= 15 is 0 Å². The number of hydrogen-bond acceptors (Lipinski definition) is 5. The van der Waals surface area contributed by atoms with E-state index in [0.29, 0.717) is 11.3 Å². The third-order valence-corrected chi connectivity index (χ3v) is 4.72. The summed E-state index contributed by atoms with van der Waals surface area (Å²) in [6.45, 7) is 1.76. The lowest BCUT2D eigenvalue weighted by Gasteiger charge is -2.04. The van der Waals surface area contributed by atoms with Crippen molar-refractivity contribution in [3.8, 4) is 17.4 Å². The van der Waals surface area contributed by atoms with Crippen LogP contribution in [0.2, 0.25) is 0 Å². The fraction of sp³-hybridized carbons (Fsp3) is 0.0476. The second-order valence-corrected chi connectivity index (χ2v) is 7.36. The molecule has 0 saturated heterocycles. The van der Waals surface area contributed by atoms with Gasteiger partial charge >= 0.3 is 0 Å². The fourth-order valence-electron chi connectivity index (χ4n) is 2.60. The number of nitro benzene ring substituents is 1. The summed E-state index contributed by atoms with van der Waals surface area (Å²) in [5.41, 5.74) is 1.41. The van der Waals surface area contributed by atoms with E-state index in [4.69, 9.17) is 4.42 Å². The van der Waals surface area contributed by atoms with Gasteiger partial charge in [-0.05, 0) is 77.5 Å². The summed E-state index contributed by atoms with van der Waals surface area (Å²) in [4.78, 5) is 23.2. The number of nitrogens with one attached hydrogen (secondary N) is 1. The van der Waals surface area contributed by atoms with Gasteiger partial charge in [0, 0.05) is 21.4 Å². The highest BCUT2D eigenvalue weighted by molar-refractivity contribution is 14.1. The Labute approximate surface area is 179 Å². The Balaban J connectivity index is 1.86. The first-order chi connectivity index (χ1) is 13.9. The summed E-state index contributed by atoms with van der Waals surface area (Å²) >= 11 is 2.15. The normalized spacial score (nSPS) is 11.0. The van der Waals surface area contributed by atoms with Crippen molar-refractivity contribution in [3.05, 3.63) is 85.2 Å². The topological polar surface area (TPSA) is 109 Å². The van der Waals surface area contributed by atoms with Crippen LogP contribution in [-0.4, -0.2) is 10.8 Å². The number of nitro groups is 1. The quantitative estimate of drug-likeness (QED) is 0.168. The summed E-state index contributed by atoms with van der Waals surface area (Å²) in [6, 6.07) is 16.9. The van der Waals surface area contributed by atoms with Crippen LogP contribution in [-0.2, 0) is 4.79 Å². The summed E-state index contributed by atoms with van der Waals surface area (Å²) in [5.74, 6) is -0.0598. The molecule has 1 amide bonds. The minimum absolute atomic E-state index is 0.0770. The van der Waals surface area contributed by atoms with Crippen LogP contribution in [0.4, 0.5) is 11.4 Å². The summed E-state index contributed by atoms with van der Waals surface area (Å²) in [6.07, 6.45) is 1.30. The molecule has 0 unspecified atom stereocenters. The molecular weight excluding hydrogens is 485 g/mol. The molecule has 3 rings (SSSR count). The van der Waals surface area contributed by atoms with Crippen molar-refractivity contribution in [1.82, 2.24) is 0 Å². The molecule has 2 aromatic carbocycles. The number of aryl methyl sites for hydroxylation is 1. The molecule has 0 atom stereocenters. The summed E-state index contributed by atoms with van der Waals surface area (Å²) in [5, 5.41) is 23.3. The predicted octanol–water partition coefficient (Wildman–Crippen LogP) is 5.31. The standard InChI is InChI=1S/C21H14IN3O4/c1-13-2-8-18(19(10-13)25(27)28)20-9-7-17(29-20)11-14(12-23)21(26)24-16-5-3-15(22)4-6-16/h2-11H,1H3,(H,24,26)/b14-11+. The van der Waals surface area contributed by atoms with Crippen LogP contribution in [0.25, 0.3) is 17.4 Å². The molecule has 8 heteroatoms. The summed E-state index contributed by atoms with van der Waals surface area (Å²) in [7, 11) is 0. The van der Waals surface area contributed by atoms with Crippen LogP contribution in [0.1, 0.15) is 11.3 Å². The highest BCUT2D eigenvalue weighted by atomic mass is 127. The lowest BCUT2D eigenvalue weighted by Crippen LogP contribution is -2.13. The van der Waals surface area contributed by atoms with E-state index in [0.717, 1.165) is 9.13 Å². The molecular formula is C21H14IN3O4. The first-order valence-corrected chi connectivity index (χ1v) is 9.49. The number of amides is 1. The molecule has 0 aliphatic rings. The van der Waals surface area contributed by atoms with Gasteiger partial charge in [0.05, 0.1) is 10.5 Å². The van der Waals surface area contributed by atoms with E-state index in [-0.39, 0.29) is 22.8 Å². The largest absolute Gasteiger partial charge is 0.456 e. The van der Waals surface area contributed by atoms with Gasteiger partial charge in [-0.3, -0.25) is 14.9 Å². The van der Waals surface area contributed by atoms with E-state index < -0.39 is 10.8 Å². The maximum atomic E-state index is 12.4. The predicted molar refractivity (Wildman–Crippen MR) is 117 cm³/mol. The Morgan fingerprint density at radius 1 is 1.21 bits per heavy atom. The fourth-order valence-corrected chi connectivity index (χ4v) is 2.96. The Bertz CT molecular complexity index is 1160. The Morgan fingerprint density at radius 2 is 1.93 bits per heavy atom. The Hall–Kier alpha value is -3.45. The van der Waals surface area contributed by atoms with Crippen molar-refractivity contribution in [3.63, 3.8) is 0 Å². The molecule has 0 radical (unpaired) electrons. The average Bonchev–Trinajstić information content (AvgIpc) is 3.16. The lowest BCUT2D eigenvalue weighted by molar-refractivity contribution is -0.384. The average molecular weight is 499 g/mol. The van der Waals surface area contributed by atoms with Gasteiger partial charge in [0.25, 0.3) is 11.6 Å². The van der Waals surface area contributed by atoms with Crippen molar-refractivity contribution in [1.29, 1.82) is 5.26 Å². The van der Waals surface area contributed by atoms with Crippen LogP contribution >= 0.6 is 22.6 Å². The second-order valence-electron chi connectivity index (χ2n) is 6.11. The van der Waals surface area contributed by atoms with E-state index in [1.807, 2.05) is 18.2 Å². The van der Waals surface area contributed by atoms with Crippen LogP contribution in [0.5, 0.6) is 0 Å². The van der Waals surface area contributed by atoms with Gasteiger partial charge in [-0.1, -0.05) is 6.07 Å². The van der Waals surface area contributed by atoms with Gasteiger partial charge < -0.3 is 9.73 Å². The molecule has 29 heavy (non-hydrogen) atoms. The van der Waals surface area contributed by atoms with Crippen LogP contribution in [0, 0.1) is 31.9 Å². The zero-order valence-corrected chi connectivity index (χ0v) is 17.3. The lowest BCUT2D eigenvalue weighted by atomic mass is 10.1. The molecule has 3 aromatic rings.